The van der Waals surface area contributed by atoms with Crippen LogP contribution in [-0.4, -0.2) is 34.5 Å². The average molecular weight is 176 g/mol. The van der Waals surface area contributed by atoms with Gasteiger partial charge in [0.2, 0.25) is 0 Å². The fraction of sp³-hybridized carbons (Fsp3) is 0.750. The highest BCUT2D eigenvalue weighted by atomic mass is 16.3. The van der Waals surface area contributed by atoms with Crippen LogP contribution in [-0.2, 0) is 9.59 Å². The van der Waals surface area contributed by atoms with E-state index in [2.05, 4.69) is 0 Å². The molecule has 4 heteroatoms. The van der Waals surface area contributed by atoms with Crippen molar-refractivity contribution in [3.8, 4) is 0 Å². The van der Waals surface area contributed by atoms with Gasteiger partial charge in [-0.25, -0.2) is 0 Å². The second-order valence-corrected chi connectivity index (χ2v) is 2.36. The summed E-state index contributed by atoms with van der Waals surface area (Å²) in [7, 11) is 0. The average Bonchev–Trinajstić information content (AvgIpc) is 2.04. The molecule has 0 aliphatic heterocycles. The summed E-state index contributed by atoms with van der Waals surface area (Å²) in [4.78, 5) is 19.8. The molecule has 2 N–H and O–H groups in total. The third-order valence-corrected chi connectivity index (χ3v) is 1.14. The molecule has 0 saturated carbocycles. The van der Waals surface area contributed by atoms with Gasteiger partial charge in [-0.3, -0.25) is 4.79 Å². The standard InChI is InChI=1S/C4H8O3.C4H8O/c1-3(6)4(7)2-5;1-3-4(2)5/h4-5,7H,2H2,1H3;3H2,1-2H3. The molecule has 12 heavy (non-hydrogen) atoms. The minimum atomic E-state index is -1.18. The van der Waals surface area contributed by atoms with Crippen molar-refractivity contribution in [3.63, 3.8) is 0 Å². The molecule has 0 aromatic rings. The normalized spacial score (nSPS) is 11.1. The Balaban J connectivity index is 0. The Hall–Kier alpha value is -0.740. The molecule has 0 aliphatic carbocycles. The molecule has 0 aromatic carbocycles. The molecule has 0 aliphatic rings. The number of rotatable bonds is 3. The maximum Gasteiger partial charge on any atom is 0.160 e. The van der Waals surface area contributed by atoms with Crippen LogP contribution in [0.15, 0.2) is 0 Å². The Kier molecular flexibility index (Phi) is 9.63. The predicted octanol–water partition coefficient (Wildman–Crippen LogP) is -0.0860. The Morgan fingerprint density at radius 2 is 1.67 bits per heavy atom. The van der Waals surface area contributed by atoms with Crippen molar-refractivity contribution in [1.29, 1.82) is 0 Å². The van der Waals surface area contributed by atoms with Crippen molar-refractivity contribution in [1.82, 2.24) is 0 Å². The summed E-state index contributed by atoms with van der Waals surface area (Å²) in [6, 6.07) is 0. The summed E-state index contributed by atoms with van der Waals surface area (Å²) in [5.74, 6) is -0.146. The molecule has 0 bridgehead atoms. The highest BCUT2D eigenvalue weighted by molar-refractivity contribution is 5.80. The molecule has 0 amide bonds. The van der Waals surface area contributed by atoms with Crippen molar-refractivity contribution >= 4 is 11.6 Å². The third-order valence-electron chi connectivity index (χ3n) is 1.14. The van der Waals surface area contributed by atoms with Gasteiger partial charge in [-0.1, -0.05) is 6.92 Å². The molecule has 0 aromatic heterocycles. The second-order valence-electron chi connectivity index (χ2n) is 2.36. The Morgan fingerprint density at radius 1 is 1.33 bits per heavy atom. The van der Waals surface area contributed by atoms with Gasteiger partial charge in [0.05, 0.1) is 6.61 Å². The van der Waals surface area contributed by atoms with Gasteiger partial charge >= 0.3 is 0 Å². The Morgan fingerprint density at radius 3 is 1.67 bits per heavy atom. The summed E-state index contributed by atoms with van der Waals surface area (Å²) < 4.78 is 0. The Labute approximate surface area is 72.2 Å². The number of aliphatic hydroxyl groups is 2. The molecule has 0 spiro atoms. The maximum absolute atomic E-state index is 9.96. The highest BCUT2D eigenvalue weighted by Gasteiger charge is 2.04. The second kappa shape index (κ2) is 8.36. The van der Waals surface area contributed by atoms with Gasteiger partial charge < -0.3 is 15.0 Å². The lowest BCUT2D eigenvalue weighted by molar-refractivity contribution is -0.126. The van der Waals surface area contributed by atoms with Crippen LogP contribution in [0, 0.1) is 0 Å². The zero-order valence-corrected chi connectivity index (χ0v) is 7.70. The summed E-state index contributed by atoms with van der Waals surface area (Å²) >= 11 is 0. The highest BCUT2D eigenvalue weighted by Crippen LogP contribution is 1.79. The number of carbonyl (C=O) groups excluding carboxylic acids is 2. The lowest BCUT2D eigenvalue weighted by Crippen LogP contribution is -2.20. The molecule has 0 saturated heterocycles. The van der Waals surface area contributed by atoms with E-state index >= 15 is 0 Å². The van der Waals surface area contributed by atoms with E-state index in [-0.39, 0.29) is 5.78 Å². The van der Waals surface area contributed by atoms with Crippen LogP contribution in [0.25, 0.3) is 0 Å². The van der Waals surface area contributed by atoms with Gasteiger partial charge in [0.1, 0.15) is 11.9 Å². The van der Waals surface area contributed by atoms with Crippen LogP contribution >= 0.6 is 0 Å². The molecule has 0 rings (SSSR count). The zero-order chi connectivity index (χ0) is 10.1. The zero-order valence-electron chi connectivity index (χ0n) is 7.70. The third kappa shape index (κ3) is 12.0. The maximum atomic E-state index is 9.96. The Bertz CT molecular complexity index is 142. The molecular formula is C8H16O4. The lowest BCUT2D eigenvalue weighted by atomic mass is 10.3. The first-order chi connectivity index (χ1) is 5.45. The van der Waals surface area contributed by atoms with Gasteiger partial charge in [-0.15, -0.1) is 0 Å². The summed E-state index contributed by atoms with van der Waals surface area (Å²) in [5, 5.41) is 16.4. The monoisotopic (exact) mass is 176 g/mol. The predicted molar refractivity (Wildman–Crippen MR) is 44.7 cm³/mol. The molecule has 1 unspecified atom stereocenters. The van der Waals surface area contributed by atoms with Gasteiger partial charge in [0, 0.05) is 6.42 Å². The van der Waals surface area contributed by atoms with Gasteiger partial charge in [-0.05, 0) is 13.8 Å². The summed E-state index contributed by atoms with van der Waals surface area (Å²) in [5.41, 5.74) is 0. The van der Waals surface area contributed by atoms with Crippen molar-refractivity contribution < 1.29 is 19.8 Å². The number of hydrogen-bond acceptors (Lipinski definition) is 4. The van der Waals surface area contributed by atoms with Gasteiger partial charge in [0.15, 0.2) is 5.78 Å². The molecule has 0 heterocycles. The van der Waals surface area contributed by atoms with E-state index in [0.29, 0.717) is 6.42 Å². The molecular weight excluding hydrogens is 160 g/mol. The number of carbonyl (C=O) groups is 2. The van der Waals surface area contributed by atoms with Gasteiger partial charge in [-0.2, -0.15) is 0 Å². The van der Waals surface area contributed by atoms with Crippen LogP contribution in [0.2, 0.25) is 0 Å². The number of ketones is 2. The minimum Gasteiger partial charge on any atom is -0.393 e. The van der Waals surface area contributed by atoms with Gasteiger partial charge in [0.25, 0.3) is 0 Å². The fourth-order valence-electron chi connectivity index (χ4n) is 0.129. The molecule has 0 radical (unpaired) electrons. The van der Waals surface area contributed by atoms with Crippen LogP contribution in [0.5, 0.6) is 0 Å². The SMILES string of the molecule is CC(=O)C(O)CO.CCC(C)=O. The molecule has 4 nitrogen and oxygen atoms in total. The van der Waals surface area contributed by atoms with Crippen molar-refractivity contribution in [2.45, 2.75) is 33.3 Å². The lowest BCUT2D eigenvalue weighted by Gasteiger charge is -1.97. The first-order valence-electron chi connectivity index (χ1n) is 3.74. The van der Waals surface area contributed by atoms with E-state index in [1.165, 1.54) is 6.92 Å². The van der Waals surface area contributed by atoms with Crippen LogP contribution in [0.1, 0.15) is 27.2 Å². The summed E-state index contributed by atoms with van der Waals surface area (Å²) in [6.07, 6.45) is -0.514. The number of Topliss-reactive ketones (excluding diaryl/α,β-unsaturated/α-hetero) is 2. The van der Waals surface area contributed by atoms with Crippen molar-refractivity contribution in [3.05, 3.63) is 0 Å². The van der Waals surface area contributed by atoms with Crippen molar-refractivity contribution in [2.75, 3.05) is 6.61 Å². The van der Waals surface area contributed by atoms with E-state index in [1.807, 2.05) is 6.92 Å². The first kappa shape index (κ1) is 13.8. The molecule has 72 valence electrons. The molecule has 0 fully saturated rings. The van der Waals surface area contributed by atoms with Crippen LogP contribution in [0.4, 0.5) is 0 Å². The van der Waals surface area contributed by atoms with E-state index in [1.54, 1.807) is 6.92 Å². The molecule has 1 atom stereocenters. The smallest absolute Gasteiger partial charge is 0.160 e. The van der Waals surface area contributed by atoms with E-state index in [4.69, 9.17) is 10.2 Å². The largest absolute Gasteiger partial charge is 0.393 e. The number of hydrogen-bond donors (Lipinski definition) is 2. The fourth-order valence-corrected chi connectivity index (χ4v) is 0.129. The quantitative estimate of drug-likeness (QED) is 0.630. The van der Waals surface area contributed by atoms with Crippen LogP contribution < -0.4 is 0 Å². The van der Waals surface area contributed by atoms with E-state index in [0.717, 1.165) is 0 Å². The topological polar surface area (TPSA) is 74.6 Å². The van der Waals surface area contributed by atoms with E-state index in [9.17, 15) is 9.59 Å². The minimum absolute atomic E-state index is 0.255. The first-order valence-corrected chi connectivity index (χ1v) is 3.74. The van der Waals surface area contributed by atoms with Crippen molar-refractivity contribution in [2.24, 2.45) is 0 Å². The summed E-state index contributed by atoms with van der Waals surface area (Å²) in [6.45, 7) is 4.18. The van der Waals surface area contributed by atoms with Crippen LogP contribution in [0.3, 0.4) is 0 Å². The number of aliphatic hydroxyl groups excluding tert-OH is 2. The van der Waals surface area contributed by atoms with E-state index < -0.39 is 18.5 Å².